The van der Waals surface area contributed by atoms with Crippen LogP contribution in [0, 0.1) is 0 Å². The van der Waals surface area contributed by atoms with Crippen LogP contribution in [-0.4, -0.2) is 96.7 Å². The van der Waals surface area contributed by atoms with Gasteiger partial charge in [-0.2, -0.15) is 0 Å². The minimum atomic E-state index is -4.96. The van der Waals surface area contributed by atoms with E-state index in [0.29, 0.717) is 25.7 Å². The van der Waals surface area contributed by atoms with Gasteiger partial charge in [0.15, 0.2) is 12.2 Å². The molecule has 3 N–H and O–H groups in total. The molecule has 0 aromatic heterocycles. The molecule has 0 aliphatic carbocycles. The van der Waals surface area contributed by atoms with Crippen molar-refractivity contribution in [2.45, 2.75) is 457 Å². The number of unbranched alkanes of at least 4 members (excludes halogenated alkanes) is 56. The van der Waals surface area contributed by atoms with E-state index in [4.69, 9.17) is 37.0 Å². The summed E-state index contributed by atoms with van der Waals surface area (Å²) < 4.78 is 68.6. The third-order valence-corrected chi connectivity index (χ3v) is 21.0. The van der Waals surface area contributed by atoms with Crippen LogP contribution >= 0.6 is 15.6 Å². The molecule has 19 heteroatoms. The SMILES string of the molecule is CCCCCCCCCCCCCCCCCCCCCCCCC(=O)O[C@H](COC(=O)CCCCCCCCCCCCCCCCCCCC)COP(=O)(O)OC[C@@H](O)COP(=O)(O)OC[C@@H](COC(=O)CCCCCCCCCCC)OC(=O)CCCCCCCCCCCCC. The lowest BCUT2D eigenvalue weighted by Crippen LogP contribution is -2.30. The van der Waals surface area contributed by atoms with Crippen LogP contribution in [0.1, 0.15) is 439 Å². The van der Waals surface area contributed by atoms with Crippen LogP contribution in [0.4, 0.5) is 0 Å². The van der Waals surface area contributed by atoms with Gasteiger partial charge in [0, 0.05) is 25.7 Å². The molecular formula is C81H158O17P2. The number of carbonyl (C=O) groups excluding carboxylic acids is 4. The van der Waals surface area contributed by atoms with Gasteiger partial charge in [-0.3, -0.25) is 37.3 Å². The molecule has 594 valence electrons. The summed E-state index contributed by atoms with van der Waals surface area (Å²) in [6.45, 7) is 5.00. The lowest BCUT2D eigenvalue weighted by molar-refractivity contribution is -0.161. The van der Waals surface area contributed by atoms with E-state index in [9.17, 15) is 43.2 Å². The highest BCUT2D eigenvalue weighted by molar-refractivity contribution is 7.47. The third-order valence-electron chi connectivity index (χ3n) is 19.1. The highest BCUT2D eigenvalue weighted by atomic mass is 31.2. The van der Waals surface area contributed by atoms with Gasteiger partial charge in [-0.05, 0) is 25.7 Å². The van der Waals surface area contributed by atoms with Crippen molar-refractivity contribution in [2.24, 2.45) is 0 Å². The Morgan fingerprint density at radius 1 is 0.240 bits per heavy atom. The summed E-state index contributed by atoms with van der Waals surface area (Å²) in [6.07, 6.45) is 68.2. The van der Waals surface area contributed by atoms with Crippen molar-refractivity contribution in [3.63, 3.8) is 0 Å². The Labute approximate surface area is 613 Å². The maximum Gasteiger partial charge on any atom is 0.472 e. The van der Waals surface area contributed by atoms with Gasteiger partial charge >= 0.3 is 39.5 Å². The zero-order valence-electron chi connectivity index (χ0n) is 65.2. The number of esters is 4. The Morgan fingerprint density at radius 3 is 0.590 bits per heavy atom. The van der Waals surface area contributed by atoms with Gasteiger partial charge in [-0.15, -0.1) is 0 Å². The monoisotopic (exact) mass is 1470 g/mol. The Bertz CT molecular complexity index is 1890. The average Bonchev–Trinajstić information content (AvgIpc) is 0.921. The lowest BCUT2D eigenvalue weighted by atomic mass is 10.0. The van der Waals surface area contributed by atoms with E-state index >= 15 is 0 Å². The highest BCUT2D eigenvalue weighted by Gasteiger charge is 2.30. The summed E-state index contributed by atoms with van der Waals surface area (Å²) in [5.41, 5.74) is 0. The molecule has 0 aliphatic rings. The van der Waals surface area contributed by atoms with Crippen LogP contribution in [0.15, 0.2) is 0 Å². The first-order valence-electron chi connectivity index (χ1n) is 42.3. The minimum Gasteiger partial charge on any atom is -0.462 e. The van der Waals surface area contributed by atoms with Crippen LogP contribution in [0.25, 0.3) is 0 Å². The van der Waals surface area contributed by atoms with E-state index in [2.05, 4.69) is 27.7 Å². The topological polar surface area (TPSA) is 237 Å². The number of hydrogen-bond acceptors (Lipinski definition) is 15. The quantitative estimate of drug-likeness (QED) is 0.0222. The molecule has 100 heavy (non-hydrogen) atoms. The Hall–Kier alpha value is -1.94. The van der Waals surface area contributed by atoms with E-state index in [1.54, 1.807) is 0 Å². The first-order valence-corrected chi connectivity index (χ1v) is 45.3. The molecule has 0 spiro atoms. The smallest absolute Gasteiger partial charge is 0.462 e. The zero-order chi connectivity index (χ0) is 73.2. The van der Waals surface area contributed by atoms with Gasteiger partial charge in [0.1, 0.15) is 19.3 Å². The van der Waals surface area contributed by atoms with E-state index in [1.807, 2.05) is 0 Å². The van der Waals surface area contributed by atoms with Crippen LogP contribution in [0.2, 0.25) is 0 Å². The van der Waals surface area contributed by atoms with E-state index < -0.39 is 97.5 Å². The molecule has 0 saturated heterocycles. The number of carbonyl (C=O) groups is 4. The van der Waals surface area contributed by atoms with Gasteiger partial charge in [0.25, 0.3) is 0 Å². The first kappa shape index (κ1) is 98.1. The second kappa shape index (κ2) is 75.3. The maximum atomic E-state index is 13.1. The zero-order valence-corrected chi connectivity index (χ0v) is 67.0. The molecule has 0 rings (SSSR count). The van der Waals surface area contributed by atoms with Crippen molar-refractivity contribution < 1.29 is 80.2 Å². The number of ether oxygens (including phenoxy) is 4. The van der Waals surface area contributed by atoms with Gasteiger partial charge in [0.05, 0.1) is 26.4 Å². The fourth-order valence-corrected chi connectivity index (χ4v) is 14.2. The summed E-state index contributed by atoms with van der Waals surface area (Å²) in [4.78, 5) is 72.9. The van der Waals surface area contributed by atoms with E-state index in [0.717, 1.165) is 89.9 Å². The van der Waals surface area contributed by atoms with Gasteiger partial charge in [-0.25, -0.2) is 9.13 Å². The van der Waals surface area contributed by atoms with E-state index in [-0.39, 0.29) is 25.7 Å². The molecule has 2 unspecified atom stereocenters. The largest absolute Gasteiger partial charge is 0.472 e. The van der Waals surface area contributed by atoms with Crippen molar-refractivity contribution in [1.82, 2.24) is 0 Å². The number of phosphoric acid groups is 2. The Morgan fingerprint density at radius 2 is 0.400 bits per heavy atom. The van der Waals surface area contributed by atoms with Crippen LogP contribution in [-0.2, 0) is 65.4 Å². The fraction of sp³-hybridized carbons (Fsp3) is 0.951. The van der Waals surface area contributed by atoms with E-state index in [1.165, 1.54) is 270 Å². The second-order valence-corrected chi connectivity index (χ2v) is 32.1. The lowest BCUT2D eigenvalue weighted by Gasteiger charge is -2.21. The van der Waals surface area contributed by atoms with Crippen molar-refractivity contribution in [1.29, 1.82) is 0 Å². The average molecular weight is 1470 g/mol. The molecule has 0 aromatic rings. The summed E-state index contributed by atoms with van der Waals surface area (Å²) in [5.74, 6) is -2.11. The predicted octanol–water partition coefficient (Wildman–Crippen LogP) is 24.6. The molecule has 0 amide bonds. The van der Waals surface area contributed by atoms with Gasteiger partial charge in [0.2, 0.25) is 0 Å². The highest BCUT2D eigenvalue weighted by Crippen LogP contribution is 2.45. The Kier molecular flexibility index (Phi) is 73.8. The molecule has 0 heterocycles. The summed E-state index contributed by atoms with van der Waals surface area (Å²) in [6, 6.07) is 0. The number of rotatable bonds is 82. The molecule has 0 saturated carbocycles. The summed E-state index contributed by atoms with van der Waals surface area (Å²) >= 11 is 0. The minimum absolute atomic E-state index is 0.108. The number of aliphatic hydroxyl groups excluding tert-OH is 1. The number of hydrogen-bond donors (Lipinski definition) is 3. The molecule has 0 aliphatic heterocycles. The van der Waals surface area contributed by atoms with Gasteiger partial charge < -0.3 is 33.8 Å². The van der Waals surface area contributed by atoms with Crippen LogP contribution in [0.3, 0.4) is 0 Å². The van der Waals surface area contributed by atoms with Crippen molar-refractivity contribution >= 4 is 39.5 Å². The maximum absolute atomic E-state index is 13.1. The molecule has 0 fully saturated rings. The van der Waals surface area contributed by atoms with Crippen molar-refractivity contribution in [3.05, 3.63) is 0 Å². The Balaban J connectivity index is 5.17. The van der Waals surface area contributed by atoms with Crippen LogP contribution < -0.4 is 0 Å². The molecule has 0 aromatic carbocycles. The van der Waals surface area contributed by atoms with Crippen LogP contribution in [0.5, 0.6) is 0 Å². The fourth-order valence-electron chi connectivity index (χ4n) is 12.6. The first-order chi connectivity index (χ1) is 48.7. The molecule has 0 radical (unpaired) electrons. The number of phosphoric ester groups is 2. The summed E-state index contributed by atoms with van der Waals surface area (Å²) in [5, 5.41) is 10.6. The second-order valence-electron chi connectivity index (χ2n) is 29.2. The predicted molar refractivity (Wildman–Crippen MR) is 409 cm³/mol. The molecule has 0 bridgehead atoms. The van der Waals surface area contributed by atoms with Crippen molar-refractivity contribution in [3.8, 4) is 0 Å². The number of aliphatic hydroxyl groups is 1. The van der Waals surface area contributed by atoms with Crippen molar-refractivity contribution in [2.75, 3.05) is 39.6 Å². The third kappa shape index (κ3) is 74.3. The molecule has 17 nitrogen and oxygen atoms in total. The van der Waals surface area contributed by atoms with Gasteiger partial charge in [-0.1, -0.05) is 387 Å². The molecular weight excluding hydrogens is 1310 g/mol. The summed E-state index contributed by atoms with van der Waals surface area (Å²) in [7, 11) is -9.91. The standard InChI is InChI=1S/C81H158O17P2/c1-5-9-13-17-21-25-28-30-32-34-36-37-38-39-41-43-45-48-52-56-60-64-68-81(86)98-77(72-92-79(84)66-62-58-54-50-47-44-42-40-35-33-31-29-26-22-18-14-10-6-2)74-96-100(89,90)94-70-75(82)69-93-99(87,88)95-73-76(71-91-78(83)65-61-57-53-49-24-20-16-12-8-4)97-80(85)67-63-59-55-51-46-27-23-19-15-11-7-3/h75-77,82H,5-74H2,1-4H3,(H,87,88)(H,89,90)/t75-,76+,77+/m0/s1. The normalized spacial score (nSPS) is 13.8. The molecule has 5 atom stereocenters.